The predicted octanol–water partition coefficient (Wildman–Crippen LogP) is 1.62. The van der Waals surface area contributed by atoms with E-state index in [1.165, 1.54) is 6.20 Å². The average Bonchev–Trinajstić information content (AvgIpc) is 2.65. The molecule has 2 aromatic rings. The summed E-state index contributed by atoms with van der Waals surface area (Å²) in [6, 6.07) is 5.91. The fourth-order valence-electron chi connectivity index (χ4n) is 2.72. The number of carbonyl (C=O) groups excluding carboxylic acids is 2. The van der Waals surface area contributed by atoms with E-state index in [-0.39, 0.29) is 11.6 Å². The van der Waals surface area contributed by atoms with E-state index in [1.807, 2.05) is 32.0 Å². The predicted molar refractivity (Wildman–Crippen MR) is 95.8 cm³/mol. The molecule has 1 aliphatic rings. The zero-order valence-electron chi connectivity index (χ0n) is 14.4. The van der Waals surface area contributed by atoms with Gasteiger partial charge in [0, 0.05) is 31.9 Å². The van der Waals surface area contributed by atoms with Crippen LogP contribution in [-0.2, 0) is 4.79 Å². The molecular weight excluding hydrogens is 318 g/mol. The first-order valence-corrected chi connectivity index (χ1v) is 8.22. The molecule has 3 rings (SSSR count). The van der Waals surface area contributed by atoms with Crippen molar-refractivity contribution >= 4 is 23.8 Å². The van der Waals surface area contributed by atoms with Crippen LogP contribution in [0, 0.1) is 13.8 Å². The number of hydrogen-bond donors (Lipinski definition) is 1. The Morgan fingerprint density at radius 3 is 2.52 bits per heavy atom. The first kappa shape index (κ1) is 16.9. The number of rotatable bonds is 4. The molecule has 25 heavy (non-hydrogen) atoms. The molecule has 1 aromatic carbocycles. The third-order valence-corrected chi connectivity index (χ3v) is 4.30. The molecule has 7 heteroatoms. The molecule has 7 nitrogen and oxygen atoms in total. The summed E-state index contributed by atoms with van der Waals surface area (Å²) in [5, 5.41) is 2.88. The quantitative estimate of drug-likeness (QED) is 0.857. The Bertz CT molecular complexity index is 768. The Balaban J connectivity index is 1.66. The van der Waals surface area contributed by atoms with Crippen molar-refractivity contribution in [2.75, 3.05) is 36.4 Å². The highest BCUT2D eigenvalue weighted by Crippen LogP contribution is 2.17. The number of piperazine rings is 1. The highest BCUT2D eigenvalue weighted by molar-refractivity contribution is 6.03. The monoisotopic (exact) mass is 339 g/mol. The molecule has 0 atom stereocenters. The van der Waals surface area contributed by atoms with Crippen LogP contribution < -0.4 is 10.2 Å². The number of aryl methyl sites for hydroxylation is 2. The molecule has 1 aromatic heterocycles. The highest BCUT2D eigenvalue weighted by atomic mass is 16.2. The van der Waals surface area contributed by atoms with Gasteiger partial charge in [0.25, 0.3) is 5.91 Å². The summed E-state index contributed by atoms with van der Waals surface area (Å²) in [4.78, 5) is 35.5. The third kappa shape index (κ3) is 3.93. The second-order valence-corrected chi connectivity index (χ2v) is 6.16. The van der Waals surface area contributed by atoms with Crippen LogP contribution in [0.25, 0.3) is 0 Å². The molecule has 1 N–H and O–H groups in total. The Labute approximate surface area is 146 Å². The summed E-state index contributed by atoms with van der Waals surface area (Å²) in [5.74, 6) is 0.437. The Morgan fingerprint density at radius 2 is 1.88 bits per heavy atom. The smallest absolute Gasteiger partial charge is 0.275 e. The number of hydrogen-bond acceptors (Lipinski definition) is 5. The van der Waals surface area contributed by atoms with Crippen molar-refractivity contribution in [1.29, 1.82) is 0 Å². The first-order chi connectivity index (χ1) is 12.1. The van der Waals surface area contributed by atoms with Crippen molar-refractivity contribution in [3.63, 3.8) is 0 Å². The van der Waals surface area contributed by atoms with Gasteiger partial charge in [0.05, 0.1) is 12.4 Å². The van der Waals surface area contributed by atoms with Gasteiger partial charge in [-0.3, -0.25) is 9.59 Å². The van der Waals surface area contributed by atoms with Gasteiger partial charge in [0.15, 0.2) is 0 Å². The van der Waals surface area contributed by atoms with E-state index in [1.54, 1.807) is 11.1 Å². The zero-order chi connectivity index (χ0) is 17.8. The van der Waals surface area contributed by atoms with Gasteiger partial charge >= 0.3 is 0 Å². The number of carbonyl (C=O) groups is 2. The average molecular weight is 339 g/mol. The molecule has 1 fully saturated rings. The van der Waals surface area contributed by atoms with Crippen molar-refractivity contribution in [2.24, 2.45) is 0 Å². The van der Waals surface area contributed by atoms with Crippen LogP contribution in [0.1, 0.15) is 21.6 Å². The lowest BCUT2D eigenvalue weighted by atomic mass is 10.1. The third-order valence-electron chi connectivity index (χ3n) is 4.30. The summed E-state index contributed by atoms with van der Waals surface area (Å²) in [7, 11) is 0. The number of anilines is 2. The van der Waals surface area contributed by atoms with Crippen LogP contribution in [0.15, 0.2) is 30.6 Å². The van der Waals surface area contributed by atoms with Crippen LogP contribution >= 0.6 is 0 Å². The maximum absolute atomic E-state index is 12.4. The van der Waals surface area contributed by atoms with Gasteiger partial charge < -0.3 is 15.1 Å². The molecular formula is C18H21N5O2. The minimum Gasteiger partial charge on any atom is -0.352 e. The van der Waals surface area contributed by atoms with Crippen LogP contribution in [0.5, 0.6) is 0 Å². The molecule has 0 spiro atoms. The van der Waals surface area contributed by atoms with Crippen LogP contribution in [0.2, 0.25) is 0 Å². The van der Waals surface area contributed by atoms with E-state index in [0.717, 1.165) is 23.2 Å². The van der Waals surface area contributed by atoms with Gasteiger partial charge in [0.1, 0.15) is 11.5 Å². The standard InChI is InChI=1S/C18H21N5O2/c1-13-3-4-14(2)15(9-13)21-18(25)16-10-20-17(11-19-16)23-7-5-22(12-24)6-8-23/h3-4,9-12H,5-8H2,1-2H3,(H,21,25). The summed E-state index contributed by atoms with van der Waals surface area (Å²) >= 11 is 0. The van der Waals surface area contributed by atoms with Crippen molar-refractivity contribution in [1.82, 2.24) is 14.9 Å². The molecule has 1 aliphatic heterocycles. The largest absolute Gasteiger partial charge is 0.352 e. The molecule has 2 heterocycles. The summed E-state index contributed by atoms with van der Waals surface area (Å²) in [6.07, 6.45) is 3.96. The number of benzene rings is 1. The Morgan fingerprint density at radius 1 is 1.12 bits per heavy atom. The molecule has 0 bridgehead atoms. The molecule has 0 saturated carbocycles. The normalized spacial score (nSPS) is 14.3. The number of nitrogens with zero attached hydrogens (tertiary/aromatic N) is 4. The van der Waals surface area contributed by atoms with E-state index < -0.39 is 0 Å². The second kappa shape index (κ2) is 7.29. The minimum absolute atomic E-state index is 0.274. The van der Waals surface area contributed by atoms with Crippen LogP contribution in [0.3, 0.4) is 0 Å². The van der Waals surface area contributed by atoms with Crippen molar-refractivity contribution in [3.05, 3.63) is 47.4 Å². The second-order valence-electron chi connectivity index (χ2n) is 6.16. The number of aromatic nitrogens is 2. The molecule has 130 valence electrons. The van der Waals surface area contributed by atoms with Crippen molar-refractivity contribution < 1.29 is 9.59 Å². The number of amides is 2. The maximum Gasteiger partial charge on any atom is 0.275 e. The van der Waals surface area contributed by atoms with Gasteiger partial charge in [-0.25, -0.2) is 9.97 Å². The van der Waals surface area contributed by atoms with E-state index in [4.69, 9.17) is 0 Å². The van der Waals surface area contributed by atoms with E-state index in [2.05, 4.69) is 20.2 Å². The number of nitrogens with one attached hydrogen (secondary N) is 1. The summed E-state index contributed by atoms with van der Waals surface area (Å²) < 4.78 is 0. The Hall–Kier alpha value is -2.96. The van der Waals surface area contributed by atoms with Crippen molar-refractivity contribution in [3.8, 4) is 0 Å². The lowest BCUT2D eigenvalue weighted by Crippen LogP contribution is -2.46. The first-order valence-electron chi connectivity index (χ1n) is 8.22. The van der Waals surface area contributed by atoms with E-state index in [0.29, 0.717) is 32.0 Å². The van der Waals surface area contributed by atoms with Gasteiger partial charge in [-0.15, -0.1) is 0 Å². The van der Waals surface area contributed by atoms with E-state index >= 15 is 0 Å². The molecule has 0 unspecified atom stereocenters. The molecule has 1 saturated heterocycles. The molecule has 0 radical (unpaired) electrons. The lowest BCUT2D eigenvalue weighted by Gasteiger charge is -2.33. The van der Waals surface area contributed by atoms with Crippen molar-refractivity contribution in [2.45, 2.75) is 13.8 Å². The van der Waals surface area contributed by atoms with Crippen LogP contribution in [-0.4, -0.2) is 53.4 Å². The fourth-order valence-corrected chi connectivity index (χ4v) is 2.72. The summed E-state index contributed by atoms with van der Waals surface area (Å²) in [6.45, 7) is 6.68. The lowest BCUT2D eigenvalue weighted by molar-refractivity contribution is -0.118. The zero-order valence-corrected chi connectivity index (χ0v) is 14.4. The fraction of sp³-hybridized carbons (Fsp3) is 0.333. The highest BCUT2D eigenvalue weighted by Gasteiger charge is 2.18. The van der Waals surface area contributed by atoms with Gasteiger partial charge in [0.2, 0.25) is 6.41 Å². The van der Waals surface area contributed by atoms with Gasteiger partial charge in [-0.05, 0) is 31.0 Å². The molecule has 0 aliphatic carbocycles. The SMILES string of the molecule is Cc1ccc(C)c(NC(=O)c2cnc(N3CCN(C=O)CC3)cn2)c1. The molecule has 2 amide bonds. The maximum atomic E-state index is 12.4. The minimum atomic E-state index is -0.279. The van der Waals surface area contributed by atoms with Crippen LogP contribution in [0.4, 0.5) is 11.5 Å². The Kier molecular flexibility index (Phi) is 4.92. The van der Waals surface area contributed by atoms with Gasteiger partial charge in [-0.2, -0.15) is 0 Å². The van der Waals surface area contributed by atoms with E-state index in [9.17, 15) is 9.59 Å². The van der Waals surface area contributed by atoms with Gasteiger partial charge in [-0.1, -0.05) is 12.1 Å². The summed E-state index contributed by atoms with van der Waals surface area (Å²) in [5.41, 5.74) is 3.13. The topological polar surface area (TPSA) is 78.4 Å².